The Kier molecular flexibility index (Phi) is 9.53. The molecule has 404 valence electrons. The van der Waals surface area contributed by atoms with Gasteiger partial charge in [0.1, 0.15) is 24.0 Å². The Hall–Kier alpha value is -7.89. The van der Waals surface area contributed by atoms with Gasteiger partial charge in [0.05, 0.1) is 40.4 Å². The zero-order valence-corrected chi connectivity index (χ0v) is 48.0. The minimum Gasteiger partial charge on any atom is -0.457 e. The van der Waals surface area contributed by atoms with Crippen LogP contribution in [0, 0.1) is 12.8 Å². The fourth-order valence-electron chi connectivity index (χ4n) is 11.8. The monoisotopic (exact) mass is 1060 g/mol. The van der Waals surface area contributed by atoms with E-state index >= 15 is 0 Å². The average molecular weight is 1070 g/mol. The van der Waals surface area contributed by atoms with Crippen LogP contribution in [0.1, 0.15) is 148 Å². The summed E-state index contributed by atoms with van der Waals surface area (Å²) in [4.78, 5) is 9.15. The third-order valence-corrected chi connectivity index (χ3v) is 16.4. The van der Waals surface area contributed by atoms with Crippen molar-refractivity contribution in [3.8, 4) is 50.7 Å². The molecule has 2 aliphatic rings. The minimum atomic E-state index is -2.69. The summed E-state index contributed by atoms with van der Waals surface area (Å²) >= 11 is 0. The van der Waals surface area contributed by atoms with Crippen molar-refractivity contribution in [2.45, 2.75) is 131 Å². The van der Waals surface area contributed by atoms with Crippen LogP contribution in [0.4, 0.5) is 22.7 Å². The fraction of sp³-hybridized carbons (Fsp3) is 0.293. The van der Waals surface area contributed by atoms with E-state index in [0.717, 1.165) is 52.0 Å². The molecule has 0 N–H and O–H groups in total. The normalized spacial score (nSPS) is 17.8. The number of benzene rings is 8. The summed E-state index contributed by atoms with van der Waals surface area (Å²) in [5.74, 6) is -0.162. The fourth-order valence-corrected chi connectivity index (χ4v) is 11.8. The number of anilines is 4. The van der Waals surface area contributed by atoms with Crippen LogP contribution >= 0.6 is 0 Å². The predicted octanol–water partition coefficient (Wildman–Crippen LogP) is 20.7. The number of hydrogen-bond donors (Lipinski definition) is 0. The van der Waals surface area contributed by atoms with Gasteiger partial charge in [-0.05, 0) is 146 Å². The standard InChI is InChI=1S/C75H78N4O/c1-48(2)38-52-42-70(76-46-62(52)51-31-35-63-64(41-51)75(12,13)37-36-74(63,10)11)79-65-27-18-17-24-60(65)61-34-33-57(45-68(61)79)80-69-44-56(32-30-49(69)3)77-47-78(67-29-20-19-28-66(67)77)71-58(50-22-15-14-16-23-50)25-21-26-59(71)53-39-54(72(4,5)6)43-55(40-53)73(7,8)9/h14-35,39-46,48H,36-38,47H2,1-13H3/i3D3,14D,15D,16D,17D,18D,22D,23D,24D,27D,38D2. The highest BCUT2D eigenvalue weighted by molar-refractivity contribution is 6.09. The molecule has 0 bridgehead atoms. The van der Waals surface area contributed by atoms with Crippen LogP contribution in [0.3, 0.4) is 0 Å². The Labute approximate surface area is 495 Å². The Morgan fingerprint density at radius 3 is 1.99 bits per heavy atom. The molecule has 0 spiro atoms. The summed E-state index contributed by atoms with van der Waals surface area (Å²) in [5.41, 5.74) is 10.7. The van der Waals surface area contributed by atoms with E-state index < -0.39 is 49.4 Å². The van der Waals surface area contributed by atoms with Crippen molar-refractivity contribution in [3.63, 3.8) is 0 Å². The zero-order chi connectivity index (χ0) is 68.2. The first-order chi connectivity index (χ1) is 43.8. The van der Waals surface area contributed by atoms with Crippen molar-refractivity contribution in [3.05, 3.63) is 215 Å². The van der Waals surface area contributed by atoms with E-state index in [1.54, 1.807) is 53.2 Å². The number of aryl methyl sites for hydroxylation is 1. The van der Waals surface area contributed by atoms with Crippen LogP contribution < -0.4 is 14.5 Å². The van der Waals surface area contributed by atoms with Gasteiger partial charge >= 0.3 is 0 Å². The molecule has 8 aromatic carbocycles. The molecule has 5 heteroatoms. The largest absolute Gasteiger partial charge is 0.457 e. The Bertz CT molecular complexity index is 4720. The number of hydrogen-bond acceptors (Lipinski definition) is 4. The van der Waals surface area contributed by atoms with Gasteiger partial charge in [-0.2, -0.15) is 0 Å². The molecule has 1 aliphatic carbocycles. The number of aromatic nitrogens is 2. The lowest BCUT2D eigenvalue weighted by molar-refractivity contribution is 0.332. The van der Waals surface area contributed by atoms with E-state index in [0.29, 0.717) is 39.0 Å². The summed E-state index contributed by atoms with van der Waals surface area (Å²) < 4.78 is 136. The minimum absolute atomic E-state index is 0.0138. The second-order valence-corrected chi connectivity index (χ2v) is 25.4. The Morgan fingerprint density at radius 1 is 0.613 bits per heavy atom. The Morgan fingerprint density at radius 2 is 1.29 bits per heavy atom. The van der Waals surface area contributed by atoms with E-state index in [1.807, 2.05) is 61.2 Å². The number of para-hydroxylation sites is 4. The maximum atomic E-state index is 9.71. The van der Waals surface area contributed by atoms with Crippen molar-refractivity contribution in [2.75, 3.05) is 16.5 Å². The second kappa shape index (κ2) is 19.7. The summed E-state index contributed by atoms with van der Waals surface area (Å²) in [6, 6.07) is 34.2. The molecule has 0 amide bonds. The number of rotatable bonds is 10. The van der Waals surface area contributed by atoms with Crippen LogP contribution in [0.15, 0.2) is 182 Å². The van der Waals surface area contributed by atoms with Crippen LogP contribution in [-0.2, 0) is 28.0 Å². The average Bonchev–Trinajstić information content (AvgIpc) is 1.53. The topological polar surface area (TPSA) is 33.5 Å². The first-order valence-electron chi connectivity index (χ1n) is 34.9. The van der Waals surface area contributed by atoms with Crippen molar-refractivity contribution < 1.29 is 23.9 Å². The van der Waals surface area contributed by atoms with E-state index in [9.17, 15) is 8.22 Å². The summed E-state index contributed by atoms with van der Waals surface area (Å²) in [7, 11) is 0. The van der Waals surface area contributed by atoms with Gasteiger partial charge in [0, 0.05) is 58.3 Å². The maximum Gasteiger partial charge on any atom is 0.137 e. The number of ether oxygens (including phenoxy) is 1. The zero-order valence-electron chi connectivity index (χ0n) is 62.0. The smallest absolute Gasteiger partial charge is 0.137 e. The molecule has 3 heterocycles. The van der Waals surface area contributed by atoms with Gasteiger partial charge in [-0.15, -0.1) is 0 Å². The molecule has 0 radical (unpaired) electrons. The van der Waals surface area contributed by atoms with E-state index in [-0.39, 0.29) is 91.8 Å². The predicted molar refractivity (Wildman–Crippen MR) is 339 cm³/mol. The van der Waals surface area contributed by atoms with Gasteiger partial charge in [-0.1, -0.05) is 204 Å². The molecule has 12 rings (SSSR count). The number of fused-ring (bicyclic) bond motifs is 5. The molecular formula is C75H78N4O. The third kappa shape index (κ3) is 9.56. The molecule has 10 aromatic rings. The van der Waals surface area contributed by atoms with E-state index in [4.69, 9.17) is 20.7 Å². The van der Waals surface area contributed by atoms with Gasteiger partial charge < -0.3 is 14.5 Å². The molecule has 1 aliphatic heterocycles. The molecule has 0 unspecified atom stereocenters. The number of pyridine rings is 1. The molecular weight excluding hydrogens is 973 g/mol. The number of nitrogens with zero attached hydrogens (tertiary/aromatic N) is 4. The van der Waals surface area contributed by atoms with E-state index in [1.165, 1.54) is 17.2 Å². The van der Waals surface area contributed by atoms with Gasteiger partial charge in [0.2, 0.25) is 0 Å². The maximum absolute atomic E-state index is 9.71. The lowest BCUT2D eigenvalue weighted by atomic mass is 9.63. The lowest BCUT2D eigenvalue weighted by Crippen LogP contribution is -2.33. The van der Waals surface area contributed by atoms with Crippen molar-refractivity contribution in [1.82, 2.24) is 9.55 Å². The molecule has 2 aromatic heterocycles. The molecule has 5 nitrogen and oxygen atoms in total. The highest BCUT2D eigenvalue weighted by atomic mass is 16.5. The summed E-state index contributed by atoms with van der Waals surface area (Å²) in [6.45, 7) is 23.0. The van der Waals surface area contributed by atoms with Gasteiger partial charge in [-0.25, -0.2) is 4.98 Å². The van der Waals surface area contributed by atoms with Crippen molar-refractivity contribution >= 4 is 44.6 Å². The molecule has 80 heavy (non-hydrogen) atoms. The van der Waals surface area contributed by atoms with Crippen LogP contribution in [-0.4, -0.2) is 16.2 Å². The SMILES string of the molecule is [2H]c1c([2H])c([2H])c(-c2cccc(-c3cc(C(C)(C)C)cc(C(C)(C)C)c3)c2N2CN(c3ccc(C([2H])([2H])[2H])c(Oc4ccc5c6c([2H])c([2H])c([2H])c([2H])c6n(-c6cc(C([2H])([2H])C(C)C)c(-c7ccc8c(c7)C(C)(C)CCC8(C)C)cn6)c5c4)c3)c3ccccc32)c([2H])c1[2H]. The lowest BCUT2D eigenvalue weighted by Gasteiger charge is -2.42. The Balaban J connectivity index is 1.02. The second-order valence-electron chi connectivity index (χ2n) is 25.4. The quantitative estimate of drug-likeness (QED) is 0.137. The highest BCUT2D eigenvalue weighted by Gasteiger charge is 2.38. The summed E-state index contributed by atoms with van der Waals surface area (Å²) in [6.07, 6.45) is 1.75. The molecule has 0 atom stereocenters. The van der Waals surface area contributed by atoms with Crippen molar-refractivity contribution in [2.24, 2.45) is 5.92 Å². The highest BCUT2D eigenvalue weighted by Crippen LogP contribution is 2.52. The summed E-state index contributed by atoms with van der Waals surface area (Å²) in [5, 5.41) is 0.636. The first kappa shape index (κ1) is 38.7. The van der Waals surface area contributed by atoms with Crippen LogP contribution in [0.2, 0.25) is 0 Å². The van der Waals surface area contributed by atoms with E-state index in [2.05, 4.69) is 104 Å². The molecule has 0 saturated heterocycles. The van der Waals surface area contributed by atoms with Crippen LogP contribution in [0.5, 0.6) is 11.5 Å². The van der Waals surface area contributed by atoms with Gasteiger partial charge in [-0.3, -0.25) is 4.57 Å². The van der Waals surface area contributed by atoms with Gasteiger partial charge in [0.15, 0.2) is 0 Å². The third-order valence-electron chi connectivity index (χ3n) is 16.4. The van der Waals surface area contributed by atoms with Crippen molar-refractivity contribution in [1.29, 1.82) is 0 Å². The van der Waals surface area contributed by atoms with Gasteiger partial charge in [0.25, 0.3) is 0 Å². The first-order valence-corrected chi connectivity index (χ1v) is 27.9. The molecule has 0 fully saturated rings. The molecule has 0 saturated carbocycles. The van der Waals surface area contributed by atoms with Crippen LogP contribution in [0.25, 0.3) is 61.0 Å².